The first-order valence-corrected chi connectivity index (χ1v) is 11.4. The number of hydrogen-bond acceptors (Lipinski definition) is 7. The van der Waals surface area contributed by atoms with Crippen molar-refractivity contribution >= 4 is 11.2 Å². The Morgan fingerprint density at radius 2 is 1.30 bits per heavy atom. The zero-order valence-electron chi connectivity index (χ0n) is 18.4. The average molecular weight is 423 g/mol. The SMILES string of the molecule is CCCCCCCOCCOCCOCCOCCCCc1ncc2[nH]cnc2n1. The van der Waals surface area contributed by atoms with Crippen molar-refractivity contribution in [3.8, 4) is 0 Å². The van der Waals surface area contributed by atoms with E-state index in [1.165, 1.54) is 25.7 Å². The maximum atomic E-state index is 5.59. The number of H-pyrrole nitrogens is 1. The normalized spacial score (nSPS) is 11.5. The van der Waals surface area contributed by atoms with E-state index in [4.69, 9.17) is 18.9 Å². The van der Waals surface area contributed by atoms with Crippen molar-refractivity contribution < 1.29 is 18.9 Å². The highest BCUT2D eigenvalue weighted by Gasteiger charge is 2.02. The van der Waals surface area contributed by atoms with Gasteiger partial charge in [-0.25, -0.2) is 15.0 Å². The standard InChI is InChI=1S/C22H38N4O4/c1-2-3-4-5-7-10-27-12-14-29-16-17-30-15-13-28-11-8-6-9-21-23-18-20-22(26-21)25-19-24-20/h18-19H,2-17H2,1H3,(H,23,24,25,26). The largest absolute Gasteiger partial charge is 0.379 e. The summed E-state index contributed by atoms with van der Waals surface area (Å²) in [5.74, 6) is 0.829. The van der Waals surface area contributed by atoms with Gasteiger partial charge < -0.3 is 23.9 Å². The number of rotatable bonds is 20. The van der Waals surface area contributed by atoms with Gasteiger partial charge in [-0.2, -0.15) is 0 Å². The molecule has 0 saturated carbocycles. The minimum atomic E-state index is 0.591. The Morgan fingerprint density at radius 1 is 0.700 bits per heavy atom. The smallest absolute Gasteiger partial charge is 0.180 e. The number of imidazole rings is 1. The fourth-order valence-corrected chi connectivity index (χ4v) is 2.95. The van der Waals surface area contributed by atoms with E-state index in [0.717, 1.165) is 55.9 Å². The Labute approximate surface area is 180 Å². The van der Waals surface area contributed by atoms with Gasteiger partial charge in [-0.1, -0.05) is 32.6 Å². The van der Waals surface area contributed by atoms with E-state index in [9.17, 15) is 0 Å². The number of aromatic amines is 1. The summed E-state index contributed by atoms with van der Waals surface area (Å²) in [6.07, 6.45) is 12.6. The zero-order valence-corrected chi connectivity index (χ0v) is 18.4. The highest BCUT2D eigenvalue weighted by Crippen LogP contribution is 2.06. The third-order valence-corrected chi connectivity index (χ3v) is 4.67. The molecule has 0 aliphatic carbocycles. The topological polar surface area (TPSA) is 91.4 Å². The van der Waals surface area contributed by atoms with Crippen LogP contribution in [0.1, 0.15) is 57.7 Å². The lowest BCUT2D eigenvalue weighted by Crippen LogP contribution is -2.12. The zero-order chi connectivity index (χ0) is 21.1. The van der Waals surface area contributed by atoms with Crippen molar-refractivity contribution in [2.24, 2.45) is 0 Å². The number of ether oxygens (including phenoxy) is 4. The van der Waals surface area contributed by atoms with E-state index in [2.05, 4.69) is 26.9 Å². The minimum Gasteiger partial charge on any atom is -0.379 e. The Hall–Kier alpha value is -1.61. The molecule has 0 saturated heterocycles. The summed E-state index contributed by atoms with van der Waals surface area (Å²) in [6, 6.07) is 0. The molecule has 0 amide bonds. The van der Waals surface area contributed by atoms with E-state index in [1.807, 2.05) is 0 Å². The molecule has 2 heterocycles. The lowest BCUT2D eigenvalue weighted by Gasteiger charge is -2.07. The minimum absolute atomic E-state index is 0.591. The predicted molar refractivity (Wildman–Crippen MR) is 117 cm³/mol. The number of aryl methyl sites for hydroxylation is 1. The van der Waals surface area contributed by atoms with Crippen molar-refractivity contribution in [3.05, 3.63) is 18.3 Å². The van der Waals surface area contributed by atoms with Gasteiger partial charge in [-0.05, 0) is 19.3 Å². The van der Waals surface area contributed by atoms with Gasteiger partial charge >= 0.3 is 0 Å². The highest BCUT2D eigenvalue weighted by atomic mass is 16.6. The summed E-state index contributed by atoms with van der Waals surface area (Å²) in [7, 11) is 0. The first-order valence-electron chi connectivity index (χ1n) is 11.4. The molecule has 0 radical (unpaired) electrons. The number of nitrogens with zero attached hydrogens (tertiary/aromatic N) is 3. The van der Waals surface area contributed by atoms with Gasteiger partial charge in [-0.3, -0.25) is 0 Å². The number of unbranched alkanes of at least 4 members (excludes halogenated alkanes) is 5. The number of hydrogen-bond donors (Lipinski definition) is 1. The fraction of sp³-hybridized carbons (Fsp3) is 0.773. The monoisotopic (exact) mass is 422 g/mol. The van der Waals surface area contributed by atoms with Crippen LogP contribution in [0.3, 0.4) is 0 Å². The lowest BCUT2D eigenvalue weighted by atomic mass is 10.2. The fourth-order valence-electron chi connectivity index (χ4n) is 2.95. The van der Waals surface area contributed by atoms with Gasteiger partial charge in [0.2, 0.25) is 0 Å². The molecule has 0 spiro atoms. The number of nitrogens with one attached hydrogen (secondary N) is 1. The molecule has 0 unspecified atom stereocenters. The van der Waals surface area contributed by atoms with Crippen LogP contribution in [-0.4, -0.2) is 72.8 Å². The van der Waals surface area contributed by atoms with Crippen LogP contribution in [0.4, 0.5) is 0 Å². The van der Waals surface area contributed by atoms with E-state index in [-0.39, 0.29) is 0 Å². The maximum absolute atomic E-state index is 5.59. The quantitative estimate of drug-likeness (QED) is 0.325. The van der Waals surface area contributed by atoms with Crippen molar-refractivity contribution in [2.75, 3.05) is 52.9 Å². The van der Waals surface area contributed by atoms with Crippen LogP contribution in [-0.2, 0) is 25.4 Å². The maximum Gasteiger partial charge on any atom is 0.180 e. The molecule has 2 rings (SSSR count). The van der Waals surface area contributed by atoms with E-state index >= 15 is 0 Å². The van der Waals surface area contributed by atoms with Crippen LogP contribution in [0.25, 0.3) is 11.2 Å². The molecule has 0 aliphatic heterocycles. The molecule has 8 heteroatoms. The van der Waals surface area contributed by atoms with Gasteiger partial charge in [0.1, 0.15) is 11.3 Å². The van der Waals surface area contributed by atoms with Crippen molar-refractivity contribution in [2.45, 2.75) is 58.3 Å². The average Bonchev–Trinajstić information content (AvgIpc) is 3.23. The summed E-state index contributed by atoms with van der Waals surface area (Å²) in [6.45, 7) is 7.48. The van der Waals surface area contributed by atoms with Crippen LogP contribution in [0.15, 0.2) is 12.5 Å². The second kappa shape index (κ2) is 17.1. The van der Waals surface area contributed by atoms with Crippen LogP contribution in [0.5, 0.6) is 0 Å². The molecule has 0 aliphatic rings. The Kier molecular flexibility index (Phi) is 14.1. The molecular formula is C22H38N4O4. The van der Waals surface area contributed by atoms with Gasteiger partial charge in [0.25, 0.3) is 0 Å². The Bertz CT molecular complexity index is 653. The summed E-state index contributed by atoms with van der Waals surface area (Å²) < 4.78 is 22.1. The van der Waals surface area contributed by atoms with Crippen molar-refractivity contribution in [1.82, 2.24) is 19.9 Å². The van der Waals surface area contributed by atoms with Crippen LogP contribution in [0.2, 0.25) is 0 Å². The van der Waals surface area contributed by atoms with Gasteiger partial charge in [0.05, 0.1) is 52.2 Å². The molecule has 170 valence electrons. The lowest BCUT2D eigenvalue weighted by molar-refractivity contribution is -0.00245. The van der Waals surface area contributed by atoms with E-state index < -0.39 is 0 Å². The third kappa shape index (κ3) is 11.5. The van der Waals surface area contributed by atoms with Crippen molar-refractivity contribution in [1.29, 1.82) is 0 Å². The molecule has 2 aromatic heterocycles. The molecule has 30 heavy (non-hydrogen) atoms. The first-order chi connectivity index (χ1) is 14.9. The molecular weight excluding hydrogens is 384 g/mol. The Balaban J connectivity index is 1.27. The summed E-state index contributed by atoms with van der Waals surface area (Å²) >= 11 is 0. The van der Waals surface area contributed by atoms with Crippen molar-refractivity contribution in [3.63, 3.8) is 0 Å². The molecule has 8 nitrogen and oxygen atoms in total. The third-order valence-electron chi connectivity index (χ3n) is 4.67. The van der Waals surface area contributed by atoms with Gasteiger partial charge in [-0.15, -0.1) is 0 Å². The molecule has 0 bridgehead atoms. The van der Waals surface area contributed by atoms with Crippen LogP contribution < -0.4 is 0 Å². The second-order valence-corrected chi connectivity index (χ2v) is 7.25. The summed E-state index contributed by atoms with van der Waals surface area (Å²) in [4.78, 5) is 15.9. The van der Waals surface area contributed by atoms with E-state index in [0.29, 0.717) is 39.6 Å². The van der Waals surface area contributed by atoms with Crippen LogP contribution in [0, 0.1) is 0 Å². The van der Waals surface area contributed by atoms with Gasteiger partial charge in [0, 0.05) is 19.6 Å². The number of fused-ring (bicyclic) bond motifs is 1. The highest BCUT2D eigenvalue weighted by molar-refractivity contribution is 5.67. The van der Waals surface area contributed by atoms with E-state index in [1.54, 1.807) is 12.5 Å². The number of aromatic nitrogens is 4. The van der Waals surface area contributed by atoms with Gasteiger partial charge in [0.15, 0.2) is 5.65 Å². The molecule has 2 aromatic rings. The molecule has 0 fully saturated rings. The summed E-state index contributed by atoms with van der Waals surface area (Å²) in [5, 5.41) is 0. The second-order valence-electron chi connectivity index (χ2n) is 7.25. The Morgan fingerprint density at radius 3 is 1.97 bits per heavy atom. The molecule has 0 atom stereocenters. The molecule has 0 aromatic carbocycles. The first kappa shape index (κ1) is 24.7. The predicted octanol–water partition coefficient (Wildman–Crippen LogP) is 3.71. The summed E-state index contributed by atoms with van der Waals surface area (Å²) in [5.41, 5.74) is 1.59. The van der Waals surface area contributed by atoms with Crippen LogP contribution >= 0.6 is 0 Å². The molecule has 1 N–H and O–H groups in total.